The third kappa shape index (κ3) is 3.82. The topological polar surface area (TPSA) is 96.7 Å². The van der Waals surface area contributed by atoms with Gasteiger partial charge in [-0.3, -0.25) is 4.98 Å². The molecule has 8 nitrogen and oxygen atoms in total. The van der Waals surface area contributed by atoms with E-state index in [1.165, 1.54) is 32.1 Å². The van der Waals surface area contributed by atoms with E-state index in [-0.39, 0.29) is 6.04 Å². The van der Waals surface area contributed by atoms with Crippen LogP contribution in [0.4, 0.5) is 5.69 Å². The maximum atomic E-state index is 9.13. The van der Waals surface area contributed by atoms with Crippen molar-refractivity contribution in [2.45, 2.75) is 57.9 Å². The van der Waals surface area contributed by atoms with Crippen molar-refractivity contribution in [2.75, 3.05) is 5.32 Å². The lowest BCUT2D eigenvalue weighted by Crippen LogP contribution is -2.13. The van der Waals surface area contributed by atoms with Crippen molar-refractivity contribution >= 4 is 11.2 Å². The first kappa shape index (κ1) is 20.2. The molecule has 0 aliphatic heterocycles. The van der Waals surface area contributed by atoms with E-state index >= 15 is 0 Å². The summed E-state index contributed by atoms with van der Waals surface area (Å²) in [7, 11) is 0. The molecule has 162 valence electrons. The number of anilines is 1. The van der Waals surface area contributed by atoms with Gasteiger partial charge in [0.25, 0.3) is 0 Å². The molecule has 1 N–H and O–H groups in total. The van der Waals surface area contributed by atoms with Crippen LogP contribution < -0.4 is 5.32 Å². The molecule has 0 radical (unpaired) electrons. The van der Waals surface area contributed by atoms with Crippen LogP contribution in [0.3, 0.4) is 0 Å². The van der Waals surface area contributed by atoms with Gasteiger partial charge >= 0.3 is 0 Å². The first-order valence-electron chi connectivity index (χ1n) is 11.2. The van der Waals surface area contributed by atoms with E-state index in [1.807, 2.05) is 35.1 Å². The third-order valence-electron chi connectivity index (χ3n) is 6.00. The van der Waals surface area contributed by atoms with E-state index in [4.69, 9.17) is 10.2 Å². The van der Waals surface area contributed by atoms with Crippen molar-refractivity contribution in [3.8, 4) is 23.1 Å². The van der Waals surface area contributed by atoms with Crippen molar-refractivity contribution in [2.24, 2.45) is 0 Å². The molecule has 1 aliphatic rings. The van der Waals surface area contributed by atoms with E-state index in [9.17, 15) is 0 Å². The number of nitrogens with one attached hydrogen (secondary N) is 1. The summed E-state index contributed by atoms with van der Waals surface area (Å²) < 4.78 is 3.64. The Hall–Kier alpha value is -3.73. The van der Waals surface area contributed by atoms with Crippen LogP contribution in [0.15, 0.2) is 42.9 Å². The standard InChI is InChI=1S/C24H26N8/c1-16(2)28-21-11-20(23-9-8-19-10-17(12-25)13-27-32(19)23)26-14-24(21)31-15-22(29-30-31)18-6-4-3-5-7-18/h8-11,13-16,18H,3-7H2,1-2H3,(H,26,28). The Morgan fingerprint density at radius 1 is 1.12 bits per heavy atom. The first-order valence-corrected chi connectivity index (χ1v) is 11.2. The van der Waals surface area contributed by atoms with Crippen LogP contribution in [0.1, 0.15) is 63.1 Å². The molecule has 1 aliphatic carbocycles. The minimum absolute atomic E-state index is 0.241. The van der Waals surface area contributed by atoms with Crippen molar-refractivity contribution in [3.63, 3.8) is 0 Å². The monoisotopic (exact) mass is 426 g/mol. The van der Waals surface area contributed by atoms with Crippen LogP contribution in [0.2, 0.25) is 0 Å². The normalized spacial score (nSPS) is 14.7. The molecule has 4 aromatic heterocycles. The van der Waals surface area contributed by atoms with Crippen molar-refractivity contribution < 1.29 is 0 Å². The molecule has 4 heterocycles. The van der Waals surface area contributed by atoms with E-state index in [2.05, 4.69) is 46.8 Å². The number of hydrogen-bond donors (Lipinski definition) is 1. The average Bonchev–Trinajstić information content (AvgIpc) is 3.46. The Morgan fingerprint density at radius 3 is 2.75 bits per heavy atom. The number of nitriles is 1. The predicted octanol–water partition coefficient (Wildman–Crippen LogP) is 4.72. The Morgan fingerprint density at radius 2 is 1.97 bits per heavy atom. The second-order valence-electron chi connectivity index (χ2n) is 8.72. The maximum Gasteiger partial charge on any atom is 0.108 e. The highest BCUT2D eigenvalue weighted by Gasteiger charge is 2.20. The Balaban J connectivity index is 1.53. The van der Waals surface area contributed by atoms with E-state index in [0.29, 0.717) is 11.5 Å². The fraction of sp³-hybridized carbons (Fsp3) is 0.375. The maximum absolute atomic E-state index is 9.13. The highest BCUT2D eigenvalue weighted by atomic mass is 15.4. The predicted molar refractivity (Wildman–Crippen MR) is 123 cm³/mol. The summed E-state index contributed by atoms with van der Waals surface area (Å²) in [4.78, 5) is 4.73. The van der Waals surface area contributed by atoms with Crippen LogP contribution in [-0.2, 0) is 0 Å². The quantitative estimate of drug-likeness (QED) is 0.496. The van der Waals surface area contributed by atoms with E-state index in [1.54, 1.807) is 10.7 Å². The molecule has 0 bridgehead atoms. The third-order valence-corrected chi connectivity index (χ3v) is 6.00. The van der Waals surface area contributed by atoms with Gasteiger partial charge in [0.2, 0.25) is 0 Å². The minimum atomic E-state index is 0.241. The molecule has 0 aromatic carbocycles. The van der Waals surface area contributed by atoms with Crippen molar-refractivity contribution in [1.82, 2.24) is 29.6 Å². The lowest BCUT2D eigenvalue weighted by Gasteiger charge is -2.18. The highest BCUT2D eigenvalue weighted by Crippen LogP contribution is 2.32. The molecule has 8 heteroatoms. The minimum Gasteiger partial charge on any atom is -0.381 e. The zero-order valence-electron chi connectivity index (χ0n) is 18.4. The smallest absolute Gasteiger partial charge is 0.108 e. The molecule has 0 spiro atoms. The van der Waals surface area contributed by atoms with Gasteiger partial charge in [-0.25, -0.2) is 9.20 Å². The summed E-state index contributed by atoms with van der Waals surface area (Å²) in [5.74, 6) is 0.502. The summed E-state index contributed by atoms with van der Waals surface area (Å²) in [5.41, 5.74) is 5.93. The van der Waals surface area contributed by atoms with Gasteiger partial charge in [-0.15, -0.1) is 5.10 Å². The number of pyridine rings is 1. The highest BCUT2D eigenvalue weighted by molar-refractivity contribution is 5.71. The molecule has 0 amide bonds. The van der Waals surface area contributed by atoms with E-state index in [0.717, 1.165) is 34.0 Å². The largest absolute Gasteiger partial charge is 0.381 e. The SMILES string of the molecule is CC(C)Nc1cc(-c2ccc3cc(C#N)cnn23)ncc1-n1cc(C2CCCCC2)nn1. The summed E-state index contributed by atoms with van der Waals surface area (Å²) >= 11 is 0. The molecule has 5 rings (SSSR count). The van der Waals surface area contributed by atoms with Gasteiger partial charge in [-0.1, -0.05) is 24.5 Å². The van der Waals surface area contributed by atoms with Gasteiger partial charge in [0, 0.05) is 12.0 Å². The fourth-order valence-corrected chi connectivity index (χ4v) is 4.43. The molecule has 1 fully saturated rings. The van der Waals surface area contributed by atoms with Crippen LogP contribution in [0.25, 0.3) is 22.6 Å². The fourth-order valence-electron chi connectivity index (χ4n) is 4.43. The summed E-state index contributed by atoms with van der Waals surface area (Å²) in [6, 6.07) is 10.1. The number of aromatic nitrogens is 6. The Labute approximate surface area is 186 Å². The van der Waals surface area contributed by atoms with Crippen LogP contribution in [-0.4, -0.2) is 35.6 Å². The zero-order chi connectivity index (χ0) is 22.1. The molecule has 0 unspecified atom stereocenters. The lowest BCUT2D eigenvalue weighted by molar-refractivity contribution is 0.436. The number of rotatable bonds is 5. The van der Waals surface area contributed by atoms with Crippen LogP contribution in [0, 0.1) is 11.3 Å². The molecule has 4 aromatic rings. The number of fused-ring (bicyclic) bond motifs is 1. The van der Waals surface area contributed by atoms with Gasteiger partial charge in [0.1, 0.15) is 11.8 Å². The summed E-state index contributed by atoms with van der Waals surface area (Å²) in [6.45, 7) is 4.21. The summed E-state index contributed by atoms with van der Waals surface area (Å²) in [6.07, 6.45) is 11.7. The van der Waals surface area contributed by atoms with Crippen molar-refractivity contribution in [1.29, 1.82) is 5.26 Å². The van der Waals surface area contributed by atoms with Crippen LogP contribution >= 0.6 is 0 Å². The Bertz CT molecular complexity index is 1290. The molecule has 0 atom stereocenters. The second-order valence-corrected chi connectivity index (χ2v) is 8.72. The van der Waals surface area contributed by atoms with Crippen molar-refractivity contribution in [3.05, 3.63) is 54.1 Å². The zero-order valence-corrected chi connectivity index (χ0v) is 18.4. The van der Waals surface area contributed by atoms with Gasteiger partial charge < -0.3 is 5.32 Å². The number of nitrogens with zero attached hydrogens (tertiary/aromatic N) is 7. The summed E-state index contributed by atoms with van der Waals surface area (Å²) in [5, 5.41) is 26.0. The van der Waals surface area contributed by atoms with Gasteiger partial charge in [-0.05, 0) is 51.0 Å². The second kappa shape index (κ2) is 8.42. The molecular formula is C24H26N8. The van der Waals surface area contributed by atoms with Gasteiger partial charge in [0.15, 0.2) is 0 Å². The first-order chi connectivity index (χ1) is 15.6. The molecule has 1 saturated carbocycles. The molecule has 0 saturated heterocycles. The number of hydrogen-bond acceptors (Lipinski definition) is 6. The molecule has 32 heavy (non-hydrogen) atoms. The lowest BCUT2D eigenvalue weighted by atomic mass is 9.87. The Kier molecular flexibility index (Phi) is 5.31. The average molecular weight is 427 g/mol. The van der Waals surface area contributed by atoms with Crippen LogP contribution in [0.5, 0.6) is 0 Å². The van der Waals surface area contributed by atoms with Gasteiger partial charge in [0.05, 0.1) is 52.4 Å². The van der Waals surface area contributed by atoms with Gasteiger partial charge in [-0.2, -0.15) is 10.4 Å². The molecular weight excluding hydrogens is 400 g/mol. The van der Waals surface area contributed by atoms with E-state index < -0.39 is 0 Å².